The van der Waals surface area contributed by atoms with Crippen LogP contribution in [0.1, 0.15) is 87.8 Å². The molecule has 0 radical (unpaired) electrons. The lowest BCUT2D eigenvalue weighted by molar-refractivity contribution is 0.0635. The Kier molecular flexibility index (Phi) is 14.5. The summed E-state index contributed by atoms with van der Waals surface area (Å²) in [4.78, 5) is 20.8. The van der Waals surface area contributed by atoms with Crippen molar-refractivity contribution in [2.24, 2.45) is 0 Å². The summed E-state index contributed by atoms with van der Waals surface area (Å²) in [5.41, 5.74) is 2.82. The second-order valence-electron chi connectivity index (χ2n) is 8.85. The first kappa shape index (κ1) is 32.0. The van der Waals surface area contributed by atoms with Crippen molar-refractivity contribution >= 4 is 28.3 Å². The highest BCUT2D eigenvalue weighted by Gasteiger charge is 2.17. The maximum atomic E-state index is 12.0. The zero-order valence-corrected chi connectivity index (χ0v) is 23.3. The average molecular weight is 484 g/mol. The zero-order valence-electron chi connectivity index (χ0n) is 23.3. The Bertz CT molecular complexity index is 1020. The average Bonchev–Trinajstić information content (AvgIpc) is 2.79. The molecule has 1 amide bonds. The van der Waals surface area contributed by atoms with E-state index >= 15 is 0 Å². The van der Waals surface area contributed by atoms with Crippen molar-refractivity contribution in [3.63, 3.8) is 0 Å². The molecule has 0 saturated carbocycles. The predicted molar refractivity (Wildman–Crippen MR) is 150 cm³/mol. The number of carbonyl (C=O) groups excluding carboxylic acids is 1. The topological polar surface area (TPSA) is 84.3 Å². The number of fused-ring (bicyclic) bond motifs is 1. The molecular formula is C29H45N3O3. The first-order chi connectivity index (χ1) is 16.4. The highest BCUT2D eigenvalue weighted by atomic mass is 16.6. The Balaban J connectivity index is 0.00000214. The number of aliphatic hydroxyl groups excluding tert-OH is 1. The summed E-state index contributed by atoms with van der Waals surface area (Å²) in [7, 11) is 0. The Hall–Kier alpha value is -2.99. The summed E-state index contributed by atoms with van der Waals surface area (Å²) in [6.45, 7) is 23.5. The molecule has 0 saturated heterocycles. The maximum absolute atomic E-state index is 12.0. The number of allylic oxidation sites excluding steroid dienone is 3. The number of carbonyl (C=O) groups is 1. The van der Waals surface area contributed by atoms with Crippen LogP contribution in [-0.2, 0) is 4.74 Å². The van der Waals surface area contributed by atoms with Crippen LogP contribution in [0, 0.1) is 0 Å². The third-order valence-corrected chi connectivity index (χ3v) is 4.44. The van der Waals surface area contributed by atoms with E-state index in [9.17, 15) is 9.90 Å². The number of nitrogens with one attached hydrogen (secondary N) is 1. The molecule has 1 atom stereocenters. The van der Waals surface area contributed by atoms with Gasteiger partial charge in [0.05, 0.1) is 11.8 Å². The van der Waals surface area contributed by atoms with E-state index in [1.807, 2.05) is 52.8 Å². The summed E-state index contributed by atoms with van der Waals surface area (Å²) >= 11 is 0. The number of nitrogens with zero attached hydrogens (tertiary/aromatic N) is 2. The first-order valence-corrected chi connectivity index (χ1v) is 12.4. The van der Waals surface area contributed by atoms with Crippen LogP contribution in [0.15, 0.2) is 54.4 Å². The van der Waals surface area contributed by atoms with Gasteiger partial charge in [-0.2, -0.15) is 0 Å². The van der Waals surface area contributed by atoms with Crippen molar-refractivity contribution in [3.05, 3.63) is 60.1 Å². The molecule has 0 aromatic carbocycles. The number of hydrogen-bond donors (Lipinski definition) is 2. The number of hydrogen-bond acceptors (Lipinski definition) is 5. The van der Waals surface area contributed by atoms with Gasteiger partial charge in [0, 0.05) is 23.2 Å². The van der Waals surface area contributed by atoms with E-state index in [1.54, 1.807) is 39.2 Å². The summed E-state index contributed by atoms with van der Waals surface area (Å²) < 4.78 is 5.26. The molecule has 194 valence electrons. The molecule has 2 aromatic rings. The number of ether oxygens (including phenoxy) is 1. The quantitative estimate of drug-likeness (QED) is 0.405. The molecule has 2 N–H and O–H groups in total. The molecule has 0 bridgehead atoms. The Morgan fingerprint density at radius 3 is 2.20 bits per heavy atom. The van der Waals surface area contributed by atoms with E-state index in [0.29, 0.717) is 17.8 Å². The van der Waals surface area contributed by atoms with Crippen LogP contribution in [0.25, 0.3) is 16.3 Å². The molecule has 0 aliphatic heterocycles. The minimum atomic E-state index is -0.579. The highest BCUT2D eigenvalue weighted by molar-refractivity contribution is 5.91. The van der Waals surface area contributed by atoms with Gasteiger partial charge < -0.3 is 9.84 Å². The molecule has 1 unspecified atom stereocenters. The van der Waals surface area contributed by atoms with E-state index in [1.165, 1.54) is 6.42 Å². The number of aromatic nitrogens is 2. The smallest absolute Gasteiger partial charge is 0.413 e. The Morgan fingerprint density at radius 2 is 1.69 bits per heavy atom. The van der Waals surface area contributed by atoms with Crippen LogP contribution in [0.4, 0.5) is 10.6 Å². The van der Waals surface area contributed by atoms with Crippen LogP contribution >= 0.6 is 0 Å². The third-order valence-electron chi connectivity index (χ3n) is 4.44. The lowest BCUT2D eigenvalue weighted by Gasteiger charge is -2.19. The largest absolute Gasteiger partial charge is 0.444 e. The van der Waals surface area contributed by atoms with Gasteiger partial charge in [0.2, 0.25) is 0 Å². The molecule has 6 nitrogen and oxygen atoms in total. The molecule has 2 rings (SSSR count). The van der Waals surface area contributed by atoms with E-state index in [0.717, 1.165) is 27.6 Å². The van der Waals surface area contributed by atoms with Gasteiger partial charge in [-0.1, -0.05) is 59.8 Å². The molecule has 2 aromatic heterocycles. The van der Waals surface area contributed by atoms with Gasteiger partial charge in [-0.25, -0.2) is 9.78 Å². The van der Waals surface area contributed by atoms with Gasteiger partial charge in [-0.15, -0.1) is 0 Å². The number of amides is 1. The Labute approximate surface area is 212 Å². The molecule has 35 heavy (non-hydrogen) atoms. The van der Waals surface area contributed by atoms with Gasteiger partial charge in [0.25, 0.3) is 0 Å². The minimum absolute atomic E-state index is 0.401. The van der Waals surface area contributed by atoms with Crippen molar-refractivity contribution in [2.45, 2.75) is 93.8 Å². The fourth-order valence-corrected chi connectivity index (χ4v) is 2.95. The van der Waals surface area contributed by atoms with Crippen LogP contribution in [-0.4, -0.2) is 32.9 Å². The van der Waals surface area contributed by atoms with E-state index in [2.05, 4.69) is 35.7 Å². The first-order valence-electron chi connectivity index (χ1n) is 12.4. The van der Waals surface area contributed by atoms with Crippen LogP contribution in [0.5, 0.6) is 0 Å². The van der Waals surface area contributed by atoms with Gasteiger partial charge in [-0.3, -0.25) is 10.3 Å². The number of aliphatic hydroxyl groups is 1. The number of anilines is 1. The molecule has 0 fully saturated rings. The SMILES string of the molecule is C=C(/C=C(C)\C(=C/C)c1cc2cnc(NC(=O)OC(C)(C)C)cc2cn1)C(O)CC.CC.CCC. The fourth-order valence-electron chi connectivity index (χ4n) is 2.95. The van der Waals surface area contributed by atoms with Crippen molar-refractivity contribution in [2.75, 3.05) is 5.32 Å². The summed E-state index contributed by atoms with van der Waals surface area (Å²) in [5.74, 6) is 0.401. The summed E-state index contributed by atoms with van der Waals surface area (Å²) in [6.07, 6.45) is 8.08. The fraction of sp³-hybridized carbons (Fsp3) is 0.483. The lowest BCUT2D eigenvalue weighted by atomic mass is 9.98. The molecule has 0 aliphatic carbocycles. The lowest BCUT2D eigenvalue weighted by Crippen LogP contribution is -2.27. The molecule has 0 aliphatic rings. The highest BCUT2D eigenvalue weighted by Crippen LogP contribution is 2.26. The van der Waals surface area contributed by atoms with Crippen molar-refractivity contribution in [1.29, 1.82) is 0 Å². The predicted octanol–water partition coefficient (Wildman–Crippen LogP) is 8.10. The second-order valence-corrected chi connectivity index (χ2v) is 8.85. The standard InChI is InChI=1S/C24H31N3O3.C3H8.C2H6/c1-8-19(15(3)10-16(4)21(28)9-2)20-11-17-14-26-22(12-18(17)13-25-20)27-23(29)30-24(5,6)7;1-3-2;1-2/h8,10-14,21,28H,4,9H2,1-3,5-7H3,(H,26,27,29);3H2,1-2H3;1-2H3/b15-10-,19-8+;;. The van der Waals surface area contributed by atoms with Crippen LogP contribution < -0.4 is 5.32 Å². The second kappa shape index (κ2) is 15.8. The molecule has 6 heteroatoms. The van der Waals surface area contributed by atoms with Crippen molar-refractivity contribution in [3.8, 4) is 0 Å². The van der Waals surface area contributed by atoms with Crippen LogP contribution in [0.2, 0.25) is 0 Å². The molecule has 0 spiro atoms. The number of rotatable bonds is 6. The van der Waals surface area contributed by atoms with Gasteiger partial charge in [-0.05, 0) is 69.9 Å². The Morgan fingerprint density at radius 1 is 1.14 bits per heavy atom. The van der Waals surface area contributed by atoms with E-state index < -0.39 is 17.8 Å². The monoisotopic (exact) mass is 483 g/mol. The van der Waals surface area contributed by atoms with Crippen LogP contribution in [0.3, 0.4) is 0 Å². The summed E-state index contributed by atoms with van der Waals surface area (Å²) in [6, 6.07) is 3.71. The number of pyridine rings is 2. The van der Waals surface area contributed by atoms with Crippen molar-refractivity contribution in [1.82, 2.24) is 9.97 Å². The normalized spacial score (nSPS) is 12.5. The van der Waals surface area contributed by atoms with Gasteiger partial charge in [0.15, 0.2) is 0 Å². The third kappa shape index (κ3) is 11.3. The minimum Gasteiger partial charge on any atom is -0.444 e. The van der Waals surface area contributed by atoms with Crippen molar-refractivity contribution < 1.29 is 14.6 Å². The molecular weight excluding hydrogens is 438 g/mol. The molecule has 2 heterocycles. The maximum Gasteiger partial charge on any atom is 0.413 e. The van der Waals surface area contributed by atoms with E-state index in [-0.39, 0.29) is 0 Å². The zero-order chi connectivity index (χ0) is 27.2. The summed E-state index contributed by atoms with van der Waals surface area (Å²) in [5, 5.41) is 14.4. The van der Waals surface area contributed by atoms with E-state index in [4.69, 9.17) is 4.74 Å². The van der Waals surface area contributed by atoms with Gasteiger partial charge >= 0.3 is 6.09 Å². The van der Waals surface area contributed by atoms with Gasteiger partial charge in [0.1, 0.15) is 11.4 Å².